The van der Waals surface area contributed by atoms with Gasteiger partial charge in [-0.1, -0.05) is 12.1 Å². The molecule has 4 rings (SSSR count). The summed E-state index contributed by atoms with van der Waals surface area (Å²) in [7, 11) is 3.15. The third-order valence-corrected chi connectivity index (χ3v) is 5.38. The summed E-state index contributed by atoms with van der Waals surface area (Å²) in [5, 5.41) is 2.31. The molecule has 0 saturated carbocycles. The second kappa shape index (κ2) is 8.06. The third kappa shape index (κ3) is 3.56. The first-order valence-corrected chi connectivity index (χ1v) is 9.62. The monoisotopic (exact) mass is 410 g/mol. The van der Waals surface area contributed by atoms with Crippen LogP contribution in [0.5, 0.6) is 17.2 Å². The first-order chi connectivity index (χ1) is 14.5. The number of benzene rings is 2. The van der Waals surface area contributed by atoms with Crippen molar-refractivity contribution < 1.29 is 28.6 Å². The van der Waals surface area contributed by atoms with E-state index in [-0.39, 0.29) is 31.4 Å². The molecule has 2 heterocycles. The average molecular weight is 410 g/mol. The highest BCUT2D eigenvalue weighted by Crippen LogP contribution is 2.34. The third-order valence-electron chi connectivity index (χ3n) is 5.38. The van der Waals surface area contributed by atoms with Gasteiger partial charge in [-0.15, -0.1) is 0 Å². The summed E-state index contributed by atoms with van der Waals surface area (Å²) in [4.78, 5) is 38.0. The summed E-state index contributed by atoms with van der Waals surface area (Å²) < 4.78 is 16.6. The molecule has 1 atom stereocenters. The standard InChI is InChI=1S/C22H22N2O6/c1-28-18-8-6-13(10-19(18)29-2)12-30-17-5-3-4-14-15(17)11-24(22(14)27)16-7-9-20(25)23-21(16)26/h3-6,8,10,16H,7,9,11-12H2,1-2H3,(H,23,25,26). The maximum Gasteiger partial charge on any atom is 0.255 e. The quantitative estimate of drug-likeness (QED) is 0.733. The Balaban J connectivity index is 1.52. The van der Waals surface area contributed by atoms with Crippen molar-refractivity contribution >= 4 is 17.7 Å². The lowest BCUT2D eigenvalue weighted by Crippen LogP contribution is -2.52. The van der Waals surface area contributed by atoms with Crippen molar-refractivity contribution in [1.29, 1.82) is 0 Å². The molecular formula is C22H22N2O6. The van der Waals surface area contributed by atoms with Crippen molar-refractivity contribution in [2.45, 2.75) is 32.0 Å². The molecule has 3 amide bonds. The van der Waals surface area contributed by atoms with Crippen LogP contribution < -0.4 is 19.5 Å². The van der Waals surface area contributed by atoms with Crippen LogP contribution in [0.1, 0.15) is 34.3 Å². The molecule has 1 fully saturated rings. The number of ether oxygens (including phenoxy) is 3. The minimum atomic E-state index is -0.652. The number of rotatable bonds is 6. The highest BCUT2D eigenvalue weighted by molar-refractivity contribution is 6.05. The number of carbonyl (C=O) groups is 3. The Kier molecular flexibility index (Phi) is 5.31. The molecule has 30 heavy (non-hydrogen) atoms. The Labute approximate surface area is 173 Å². The minimum Gasteiger partial charge on any atom is -0.493 e. The van der Waals surface area contributed by atoms with E-state index in [9.17, 15) is 14.4 Å². The van der Waals surface area contributed by atoms with Gasteiger partial charge in [0.1, 0.15) is 18.4 Å². The van der Waals surface area contributed by atoms with Crippen molar-refractivity contribution in [3.05, 3.63) is 53.1 Å². The molecule has 0 aliphatic carbocycles. The zero-order chi connectivity index (χ0) is 21.3. The van der Waals surface area contributed by atoms with Gasteiger partial charge in [0.05, 0.1) is 20.8 Å². The normalized spacial score (nSPS) is 18.1. The Morgan fingerprint density at radius 2 is 1.83 bits per heavy atom. The van der Waals surface area contributed by atoms with Crippen LogP contribution in [0.2, 0.25) is 0 Å². The summed E-state index contributed by atoms with van der Waals surface area (Å²) in [5.74, 6) is 0.865. The molecule has 2 aromatic carbocycles. The molecule has 1 saturated heterocycles. The minimum absolute atomic E-state index is 0.221. The molecule has 0 aromatic heterocycles. The molecule has 8 nitrogen and oxygen atoms in total. The van der Waals surface area contributed by atoms with E-state index < -0.39 is 11.9 Å². The van der Waals surface area contributed by atoms with Gasteiger partial charge in [0, 0.05) is 17.5 Å². The molecule has 0 radical (unpaired) electrons. The number of hydrogen-bond donors (Lipinski definition) is 1. The molecule has 2 aliphatic rings. The van der Waals surface area contributed by atoms with Crippen LogP contribution in [0.25, 0.3) is 0 Å². The lowest BCUT2D eigenvalue weighted by molar-refractivity contribution is -0.136. The van der Waals surface area contributed by atoms with Gasteiger partial charge in [0.2, 0.25) is 11.8 Å². The van der Waals surface area contributed by atoms with E-state index in [0.29, 0.717) is 29.2 Å². The number of methoxy groups -OCH3 is 2. The van der Waals surface area contributed by atoms with Crippen molar-refractivity contribution in [3.63, 3.8) is 0 Å². The van der Waals surface area contributed by atoms with E-state index >= 15 is 0 Å². The average Bonchev–Trinajstić information content (AvgIpc) is 3.09. The zero-order valence-corrected chi connectivity index (χ0v) is 16.8. The van der Waals surface area contributed by atoms with Crippen LogP contribution in [0.3, 0.4) is 0 Å². The second-order valence-electron chi connectivity index (χ2n) is 7.16. The van der Waals surface area contributed by atoms with Crippen LogP contribution >= 0.6 is 0 Å². The van der Waals surface area contributed by atoms with E-state index in [0.717, 1.165) is 11.1 Å². The van der Waals surface area contributed by atoms with Gasteiger partial charge in [-0.2, -0.15) is 0 Å². The van der Waals surface area contributed by atoms with Crippen LogP contribution in [0, 0.1) is 0 Å². The topological polar surface area (TPSA) is 94.2 Å². The van der Waals surface area contributed by atoms with E-state index in [4.69, 9.17) is 14.2 Å². The first-order valence-electron chi connectivity index (χ1n) is 9.62. The predicted octanol–water partition coefficient (Wildman–Crippen LogP) is 2.04. The van der Waals surface area contributed by atoms with Gasteiger partial charge >= 0.3 is 0 Å². The summed E-state index contributed by atoms with van der Waals surface area (Å²) in [6, 6.07) is 10.2. The summed E-state index contributed by atoms with van der Waals surface area (Å²) >= 11 is 0. The summed E-state index contributed by atoms with van der Waals surface area (Å²) in [6.45, 7) is 0.548. The van der Waals surface area contributed by atoms with E-state index in [1.54, 1.807) is 38.5 Å². The SMILES string of the molecule is COc1ccc(COc2cccc3c2CN(C2CCC(=O)NC2=O)C3=O)cc1OC. The molecule has 0 bridgehead atoms. The summed E-state index contributed by atoms with van der Waals surface area (Å²) in [6.07, 6.45) is 0.547. The zero-order valence-electron chi connectivity index (χ0n) is 16.8. The smallest absolute Gasteiger partial charge is 0.255 e. The van der Waals surface area contributed by atoms with Gasteiger partial charge < -0.3 is 19.1 Å². The molecular weight excluding hydrogens is 388 g/mol. The fourth-order valence-electron chi connectivity index (χ4n) is 3.82. The Hall–Kier alpha value is -3.55. The maximum atomic E-state index is 12.9. The number of piperidine rings is 1. The number of amides is 3. The Morgan fingerprint density at radius 3 is 2.57 bits per heavy atom. The van der Waals surface area contributed by atoms with Gasteiger partial charge in [-0.3, -0.25) is 19.7 Å². The molecule has 156 valence electrons. The number of imide groups is 1. The number of fused-ring (bicyclic) bond motifs is 1. The van der Waals surface area contributed by atoms with Crippen LogP contribution in [-0.2, 0) is 22.7 Å². The van der Waals surface area contributed by atoms with Gasteiger partial charge in [-0.25, -0.2) is 0 Å². The first kappa shape index (κ1) is 19.8. The van der Waals surface area contributed by atoms with E-state index in [1.165, 1.54) is 4.90 Å². The fraction of sp³-hybridized carbons (Fsp3) is 0.318. The highest BCUT2D eigenvalue weighted by atomic mass is 16.5. The lowest BCUT2D eigenvalue weighted by Gasteiger charge is -2.29. The second-order valence-corrected chi connectivity index (χ2v) is 7.16. The highest BCUT2D eigenvalue weighted by Gasteiger charge is 2.40. The molecule has 2 aliphatic heterocycles. The van der Waals surface area contributed by atoms with Crippen molar-refractivity contribution in [3.8, 4) is 17.2 Å². The largest absolute Gasteiger partial charge is 0.493 e. The lowest BCUT2D eigenvalue weighted by atomic mass is 10.0. The van der Waals surface area contributed by atoms with Crippen LogP contribution in [-0.4, -0.2) is 42.9 Å². The van der Waals surface area contributed by atoms with Crippen molar-refractivity contribution in [2.24, 2.45) is 0 Å². The molecule has 0 spiro atoms. The van der Waals surface area contributed by atoms with Gasteiger partial charge in [0.25, 0.3) is 5.91 Å². The summed E-state index contributed by atoms with van der Waals surface area (Å²) in [5.41, 5.74) is 2.15. The number of nitrogens with one attached hydrogen (secondary N) is 1. The van der Waals surface area contributed by atoms with E-state index in [1.807, 2.05) is 12.1 Å². The van der Waals surface area contributed by atoms with Crippen molar-refractivity contribution in [2.75, 3.05) is 14.2 Å². The predicted molar refractivity (Wildman–Crippen MR) is 106 cm³/mol. The van der Waals surface area contributed by atoms with Gasteiger partial charge in [0.15, 0.2) is 11.5 Å². The number of hydrogen-bond acceptors (Lipinski definition) is 6. The number of nitrogens with zero attached hydrogens (tertiary/aromatic N) is 1. The molecule has 8 heteroatoms. The van der Waals surface area contributed by atoms with Crippen molar-refractivity contribution in [1.82, 2.24) is 10.2 Å². The maximum absolute atomic E-state index is 12.9. The fourth-order valence-corrected chi connectivity index (χ4v) is 3.82. The van der Waals surface area contributed by atoms with Crippen LogP contribution in [0.4, 0.5) is 0 Å². The molecule has 1 N–H and O–H groups in total. The molecule has 2 aromatic rings. The Bertz CT molecular complexity index is 1020. The number of carbonyl (C=O) groups excluding carboxylic acids is 3. The van der Waals surface area contributed by atoms with Crippen LogP contribution in [0.15, 0.2) is 36.4 Å². The molecule has 1 unspecified atom stereocenters. The van der Waals surface area contributed by atoms with E-state index in [2.05, 4.69) is 5.32 Å². The van der Waals surface area contributed by atoms with Gasteiger partial charge in [-0.05, 0) is 36.2 Å². The Morgan fingerprint density at radius 1 is 1.03 bits per heavy atom.